The zero-order valence-electron chi connectivity index (χ0n) is 6.93. The van der Waals surface area contributed by atoms with E-state index in [0.29, 0.717) is 0 Å². The van der Waals surface area contributed by atoms with Gasteiger partial charge in [0.05, 0.1) is 7.11 Å². The lowest BCUT2D eigenvalue weighted by atomic mass is 10.4. The molecule has 0 atom stereocenters. The summed E-state index contributed by atoms with van der Waals surface area (Å²) in [7, 11) is 1.32. The molecule has 0 aliphatic heterocycles. The van der Waals surface area contributed by atoms with Crippen LogP contribution in [0.3, 0.4) is 0 Å². The van der Waals surface area contributed by atoms with Gasteiger partial charge in [-0.1, -0.05) is 11.6 Å². The van der Waals surface area contributed by atoms with Gasteiger partial charge in [-0.25, -0.2) is 0 Å². The minimum absolute atomic E-state index is 0.115. The second-order valence-corrected chi connectivity index (χ2v) is 2.55. The molecule has 1 rings (SSSR count). The van der Waals surface area contributed by atoms with E-state index in [2.05, 4.69) is 14.5 Å². The SMILES string of the molecule is COc1ccc(OC(F)(F)F)c(Cl)n1. The molecule has 1 heterocycles. The molecule has 14 heavy (non-hydrogen) atoms. The molecule has 0 unspecified atom stereocenters. The van der Waals surface area contributed by atoms with E-state index in [1.54, 1.807) is 0 Å². The van der Waals surface area contributed by atoms with Crippen LogP contribution in [0.2, 0.25) is 5.15 Å². The van der Waals surface area contributed by atoms with Crippen molar-refractivity contribution in [1.29, 1.82) is 0 Å². The molecule has 0 fully saturated rings. The molecule has 0 bridgehead atoms. The summed E-state index contributed by atoms with van der Waals surface area (Å²) in [5.41, 5.74) is 0. The van der Waals surface area contributed by atoms with E-state index < -0.39 is 17.3 Å². The number of alkyl halides is 3. The van der Waals surface area contributed by atoms with Gasteiger partial charge in [-0.2, -0.15) is 4.98 Å². The summed E-state index contributed by atoms with van der Waals surface area (Å²) in [4.78, 5) is 3.49. The van der Waals surface area contributed by atoms with Crippen LogP contribution >= 0.6 is 11.6 Å². The van der Waals surface area contributed by atoms with E-state index in [9.17, 15) is 13.2 Å². The van der Waals surface area contributed by atoms with Gasteiger partial charge in [-0.3, -0.25) is 0 Å². The number of aromatic nitrogens is 1. The lowest BCUT2D eigenvalue weighted by molar-refractivity contribution is -0.274. The Hall–Kier alpha value is -1.17. The molecular weight excluding hydrogens is 223 g/mol. The first kappa shape index (κ1) is 10.9. The maximum atomic E-state index is 11.8. The molecule has 0 aliphatic rings. The topological polar surface area (TPSA) is 31.4 Å². The first-order valence-electron chi connectivity index (χ1n) is 3.38. The van der Waals surface area contributed by atoms with Crippen molar-refractivity contribution in [2.24, 2.45) is 0 Å². The van der Waals surface area contributed by atoms with Crippen molar-refractivity contribution in [1.82, 2.24) is 4.98 Å². The second kappa shape index (κ2) is 3.91. The Labute approximate surface area is 82.4 Å². The molecule has 1 aromatic heterocycles. The second-order valence-electron chi connectivity index (χ2n) is 2.19. The van der Waals surface area contributed by atoms with Crippen LogP contribution < -0.4 is 9.47 Å². The fourth-order valence-corrected chi connectivity index (χ4v) is 0.904. The number of hydrogen-bond donors (Lipinski definition) is 0. The van der Waals surface area contributed by atoms with Crippen molar-refractivity contribution < 1.29 is 22.6 Å². The van der Waals surface area contributed by atoms with Crippen molar-refractivity contribution in [2.75, 3.05) is 7.11 Å². The van der Waals surface area contributed by atoms with E-state index in [1.165, 1.54) is 13.2 Å². The number of hydrogen-bond acceptors (Lipinski definition) is 3. The van der Waals surface area contributed by atoms with Gasteiger partial charge in [-0.15, -0.1) is 13.2 Å². The van der Waals surface area contributed by atoms with Crippen LogP contribution in [0.5, 0.6) is 11.6 Å². The van der Waals surface area contributed by atoms with E-state index in [0.717, 1.165) is 6.07 Å². The molecule has 0 aliphatic carbocycles. The molecule has 0 amide bonds. The van der Waals surface area contributed by atoms with Crippen molar-refractivity contribution in [3.05, 3.63) is 17.3 Å². The fraction of sp³-hybridized carbons (Fsp3) is 0.286. The normalized spacial score (nSPS) is 11.2. The third-order valence-corrected chi connectivity index (χ3v) is 1.49. The standard InChI is InChI=1S/C7H5ClF3NO2/c1-13-5-3-2-4(6(8)12-5)14-7(9,10)11/h2-3H,1H3. The van der Waals surface area contributed by atoms with E-state index >= 15 is 0 Å². The van der Waals surface area contributed by atoms with Crippen LogP contribution in [0.1, 0.15) is 0 Å². The Bertz CT molecular complexity index is 329. The Morgan fingerprint density at radius 3 is 2.43 bits per heavy atom. The minimum atomic E-state index is -4.78. The molecule has 0 radical (unpaired) electrons. The van der Waals surface area contributed by atoms with Crippen LogP contribution in [0.15, 0.2) is 12.1 Å². The summed E-state index contributed by atoms with van der Waals surface area (Å²) in [6, 6.07) is 2.24. The summed E-state index contributed by atoms with van der Waals surface area (Å²) >= 11 is 5.40. The number of rotatable bonds is 2. The molecule has 0 saturated heterocycles. The number of pyridine rings is 1. The van der Waals surface area contributed by atoms with Gasteiger partial charge in [0.15, 0.2) is 10.9 Å². The van der Waals surface area contributed by atoms with E-state index in [4.69, 9.17) is 11.6 Å². The maximum Gasteiger partial charge on any atom is 0.573 e. The van der Waals surface area contributed by atoms with Crippen molar-refractivity contribution >= 4 is 11.6 Å². The van der Waals surface area contributed by atoms with Gasteiger partial charge in [-0.05, 0) is 6.07 Å². The monoisotopic (exact) mass is 227 g/mol. The average molecular weight is 228 g/mol. The van der Waals surface area contributed by atoms with Crippen LogP contribution in [-0.2, 0) is 0 Å². The minimum Gasteiger partial charge on any atom is -0.481 e. The first-order valence-corrected chi connectivity index (χ1v) is 3.76. The lowest BCUT2D eigenvalue weighted by Gasteiger charge is -2.09. The van der Waals surface area contributed by atoms with E-state index in [1.807, 2.05) is 0 Å². The highest BCUT2D eigenvalue weighted by atomic mass is 35.5. The van der Waals surface area contributed by atoms with Gasteiger partial charge < -0.3 is 9.47 Å². The highest BCUT2D eigenvalue weighted by Gasteiger charge is 2.32. The third-order valence-electron chi connectivity index (χ3n) is 1.22. The highest BCUT2D eigenvalue weighted by Crippen LogP contribution is 2.29. The van der Waals surface area contributed by atoms with Gasteiger partial charge in [0, 0.05) is 6.07 Å². The fourth-order valence-electron chi connectivity index (χ4n) is 0.719. The number of methoxy groups -OCH3 is 1. The van der Waals surface area contributed by atoms with Crippen molar-refractivity contribution in [2.45, 2.75) is 6.36 Å². The predicted molar refractivity (Wildman–Crippen MR) is 42.5 cm³/mol. The largest absolute Gasteiger partial charge is 0.573 e. The molecule has 0 saturated carbocycles. The Balaban J connectivity index is 2.89. The summed E-state index contributed by atoms with van der Waals surface area (Å²) in [5.74, 6) is -0.440. The highest BCUT2D eigenvalue weighted by molar-refractivity contribution is 6.30. The number of nitrogens with zero attached hydrogens (tertiary/aromatic N) is 1. The summed E-state index contributed by atoms with van der Waals surface area (Å²) in [5, 5.41) is -0.401. The molecule has 0 aromatic carbocycles. The molecule has 78 valence electrons. The Morgan fingerprint density at radius 2 is 2.00 bits per heavy atom. The quantitative estimate of drug-likeness (QED) is 0.728. The molecule has 0 spiro atoms. The zero-order valence-corrected chi connectivity index (χ0v) is 7.69. The van der Waals surface area contributed by atoms with Crippen LogP contribution in [-0.4, -0.2) is 18.5 Å². The van der Waals surface area contributed by atoms with Gasteiger partial charge in [0.25, 0.3) is 0 Å². The molecule has 0 N–H and O–H groups in total. The molecule has 3 nitrogen and oxygen atoms in total. The van der Waals surface area contributed by atoms with Crippen molar-refractivity contribution in [3.8, 4) is 11.6 Å². The van der Waals surface area contributed by atoms with Crippen LogP contribution in [0.4, 0.5) is 13.2 Å². The average Bonchev–Trinajstić information content (AvgIpc) is 2.06. The maximum absolute atomic E-state index is 11.8. The Kier molecular flexibility index (Phi) is 3.05. The Morgan fingerprint density at radius 1 is 1.36 bits per heavy atom. The van der Waals surface area contributed by atoms with Gasteiger partial charge in [0.2, 0.25) is 5.88 Å². The van der Waals surface area contributed by atoms with Crippen LogP contribution in [0, 0.1) is 0 Å². The predicted octanol–water partition coefficient (Wildman–Crippen LogP) is 2.64. The number of halogens is 4. The molecular formula is C7H5ClF3NO2. The molecule has 7 heteroatoms. The summed E-state index contributed by atoms with van der Waals surface area (Å²) < 4.78 is 43.5. The van der Waals surface area contributed by atoms with Crippen LogP contribution in [0.25, 0.3) is 0 Å². The van der Waals surface area contributed by atoms with Gasteiger partial charge >= 0.3 is 6.36 Å². The van der Waals surface area contributed by atoms with E-state index in [-0.39, 0.29) is 5.88 Å². The zero-order chi connectivity index (χ0) is 10.8. The van der Waals surface area contributed by atoms with Crippen molar-refractivity contribution in [3.63, 3.8) is 0 Å². The lowest BCUT2D eigenvalue weighted by Crippen LogP contribution is -2.17. The third kappa shape index (κ3) is 2.95. The first-order chi connectivity index (χ1) is 6.42. The molecule has 1 aromatic rings. The summed E-state index contributed by atoms with van der Waals surface area (Å²) in [6.45, 7) is 0. The smallest absolute Gasteiger partial charge is 0.481 e. The summed E-state index contributed by atoms with van der Waals surface area (Å²) in [6.07, 6.45) is -4.78. The van der Waals surface area contributed by atoms with Gasteiger partial charge in [0.1, 0.15) is 0 Å². The number of ether oxygens (including phenoxy) is 2.